The van der Waals surface area contributed by atoms with E-state index in [1.165, 1.54) is 0 Å². The van der Waals surface area contributed by atoms with Crippen molar-refractivity contribution < 1.29 is 9.84 Å². The van der Waals surface area contributed by atoms with Crippen molar-refractivity contribution >= 4 is 0 Å². The third kappa shape index (κ3) is 2.64. The molecule has 0 aliphatic heterocycles. The lowest BCUT2D eigenvalue weighted by Crippen LogP contribution is -2.15. The van der Waals surface area contributed by atoms with E-state index in [0.29, 0.717) is 18.6 Å². The summed E-state index contributed by atoms with van der Waals surface area (Å²) in [4.78, 5) is 0. The van der Waals surface area contributed by atoms with Gasteiger partial charge in [0.1, 0.15) is 0 Å². The Balaban J connectivity index is 2.30. The molecule has 64 valence electrons. The molecular weight excluding hydrogens is 140 g/mol. The highest BCUT2D eigenvalue weighted by atomic mass is 16.5. The van der Waals surface area contributed by atoms with Gasteiger partial charge in [-0.3, -0.25) is 0 Å². The van der Waals surface area contributed by atoms with Crippen LogP contribution in [0.3, 0.4) is 0 Å². The van der Waals surface area contributed by atoms with Gasteiger partial charge in [-0.25, -0.2) is 0 Å². The highest BCUT2D eigenvalue weighted by Gasteiger charge is 2.13. The number of aliphatic hydroxyl groups excluding tert-OH is 1. The minimum Gasteiger partial charge on any atom is -0.396 e. The summed E-state index contributed by atoms with van der Waals surface area (Å²) in [5.74, 6) is 0.575. The van der Waals surface area contributed by atoms with E-state index in [0.717, 1.165) is 19.3 Å². The van der Waals surface area contributed by atoms with Crippen LogP contribution in [0, 0.1) is 5.92 Å². The molecule has 0 aromatic rings. The second kappa shape index (κ2) is 4.52. The lowest BCUT2D eigenvalue weighted by molar-refractivity contribution is 0.120. The number of ether oxygens (including phenoxy) is 1. The van der Waals surface area contributed by atoms with E-state index in [1.54, 1.807) is 7.11 Å². The highest BCUT2D eigenvalue weighted by Crippen LogP contribution is 2.21. The van der Waals surface area contributed by atoms with E-state index >= 15 is 0 Å². The van der Waals surface area contributed by atoms with Crippen LogP contribution in [0.15, 0.2) is 12.2 Å². The van der Waals surface area contributed by atoms with Crippen molar-refractivity contribution in [1.29, 1.82) is 0 Å². The molecule has 1 aliphatic rings. The predicted molar refractivity (Wildman–Crippen MR) is 44.4 cm³/mol. The molecule has 0 bridgehead atoms. The van der Waals surface area contributed by atoms with Crippen LogP contribution in [0.1, 0.15) is 19.3 Å². The Bertz CT molecular complexity index is 132. The van der Waals surface area contributed by atoms with Crippen molar-refractivity contribution in [1.82, 2.24) is 0 Å². The second-order valence-electron chi connectivity index (χ2n) is 3.01. The maximum atomic E-state index is 8.68. The van der Waals surface area contributed by atoms with Gasteiger partial charge >= 0.3 is 0 Å². The third-order valence-corrected chi connectivity index (χ3v) is 2.22. The van der Waals surface area contributed by atoms with Crippen molar-refractivity contribution in [3.8, 4) is 0 Å². The van der Waals surface area contributed by atoms with Gasteiger partial charge in [0.05, 0.1) is 6.10 Å². The Labute approximate surface area is 67.9 Å². The first kappa shape index (κ1) is 8.75. The number of hydrogen-bond acceptors (Lipinski definition) is 2. The molecule has 2 nitrogen and oxygen atoms in total. The largest absolute Gasteiger partial charge is 0.396 e. The lowest BCUT2D eigenvalue weighted by atomic mass is 9.92. The smallest absolute Gasteiger partial charge is 0.0752 e. The summed E-state index contributed by atoms with van der Waals surface area (Å²) in [7, 11) is 1.74. The van der Waals surface area contributed by atoms with Crippen LogP contribution >= 0.6 is 0 Å². The summed E-state index contributed by atoms with van der Waals surface area (Å²) >= 11 is 0. The molecule has 0 fully saturated rings. The van der Waals surface area contributed by atoms with E-state index in [2.05, 4.69) is 12.2 Å². The third-order valence-electron chi connectivity index (χ3n) is 2.22. The zero-order valence-electron chi connectivity index (χ0n) is 6.99. The molecule has 2 unspecified atom stereocenters. The quantitative estimate of drug-likeness (QED) is 0.625. The van der Waals surface area contributed by atoms with Gasteiger partial charge in [-0.05, 0) is 25.2 Å². The molecule has 11 heavy (non-hydrogen) atoms. The average molecular weight is 156 g/mol. The van der Waals surface area contributed by atoms with Gasteiger partial charge in [0.25, 0.3) is 0 Å². The number of methoxy groups -OCH3 is 1. The number of allylic oxidation sites excluding steroid dienone is 1. The molecule has 1 N–H and O–H groups in total. The zero-order valence-corrected chi connectivity index (χ0v) is 6.99. The summed E-state index contributed by atoms with van der Waals surface area (Å²) in [5, 5.41) is 8.68. The van der Waals surface area contributed by atoms with Crippen LogP contribution in [0.2, 0.25) is 0 Å². The monoisotopic (exact) mass is 156 g/mol. The first-order valence-corrected chi connectivity index (χ1v) is 4.18. The van der Waals surface area contributed by atoms with Gasteiger partial charge in [0.2, 0.25) is 0 Å². The lowest BCUT2D eigenvalue weighted by Gasteiger charge is -2.20. The molecule has 0 amide bonds. The molecule has 2 heteroatoms. The van der Waals surface area contributed by atoms with Gasteiger partial charge in [0.15, 0.2) is 0 Å². The van der Waals surface area contributed by atoms with Crippen LogP contribution < -0.4 is 0 Å². The van der Waals surface area contributed by atoms with Crippen molar-refractivity contribution in [2.45, 2.75) is 25.4 Å². The second-order valence-corrected chi connectivity index (χ2v) is 3.01. The van der Waals surface area contributed by atoms with Crippen LogP contribution in [-0.2, 0) is 4.74 Å². The van der Waals surface area contributed by atoms with E-state index in [9.17, 15) is 0 Å². The van der Waals surface area contributed by atoms with Gasteiger partial charge in [-0.1, -0.05) is 12.2 Å². The normalized spacial score (nSPS) is 30.7. The Kier molecular flexibility index (Phi) is 3.60. The Morgan fingerprint density at radius 1 is 1.45 bits per heavy atom. The molecule has 0 aromatic heterocycles. The summed E-state index contributed by atoms with van der Waals surface area (Å²) in [5.41, 5.74) is 0. The van der Waals surface area contributed by atoms with Crippen LogP contribution in [0.4, 0.5) is 0 Å². The summed E-state index contributed by atoms with van der Waals surface area (Å²) in [6, 6.07) is 0. The molecule has 0 aromatic carbocycles. The molecule has 1 aliphatic carbocycles. The summed E-state index contributed by atoms with van der Waals surface area (Å²) in [6.07, 6.45) is 7.71. The molecular formula is C9H16O2. The van der Waals surface area contributed by atoms with Gasteiger partial charge in [-0.2, -0.15) is 0 Å². The Morgan fingerprint density at radius 3 is 2.73 bits per heavy atom. The fourth-order valence-electron chi connectivity index (χ4n) is 1.45. The Hall–Kier alpha value is -0.340. The Morgan fingerprint density at radius 2 is 2.27 bits per heavy atom. The molecule has 0 saturated heterocycles. The predicted octanol–water partition coefficient (Wildman–Crippen LogP) is 1.35. The standard InChI is InChI=1S/C9H16O2/c1-11-9-4-2-8(3-5-9)6-7-10/h2,4,8-10H,3,5-7H2,1H3. The summed E-state index contributed by atoms with van der Waals surface area (Å²) in [6.45, 7) is 0.298. The SMILES string of the molecule is COC1C=CC(CCO)CC1. The molecule has 0 heterocycles. The molecule has 2 atom stereocenters. The fourth-order valence-corrected chi connectivity index (χ4v) is 1.45. The molecule has 0 spiro atoms. The van der Waals surface area contributed by atoms with Crippen molar-refractivity contribution in [2.24, 2.45) is 5.92 Å². The maximum Gasteiger partial charge on any atom is 0.0752 e. The average Bonchev–Trinajstić information content (AvgIpc) is 2.07. The van der Waals surface area contributed by atoms with E-state index in [4.69, 9.17) is 9.84 Å². The summed E-state index contributed by atoms with van der Waals surface area (Å²) < 4.78 is 5.17. The number of aliphatic hydroxyl groups is 1. The van der Waals surface area contributed by atoms with Gasteiger partial charge < -0.3 is 9.84 Å². The molecule has 0 radical (unpaired) electrons. The van der Waals surface area contributed by atoms with Crippen molar-refractivity contribution in [3.63, 3.8) is 0 Å². The van der Waals surface area contributed by atoms with E-state index in [1.807, 2.05) is 0 Å². The van der Waals surface area contributed by atoms with Crippen LogP contribution in [0.5, 0.6) is 0 Å². The first-order valence-electron chi connectivity index (χ1n) is 4.18. The molecule has 1 rings (SSSR count). The topological polar surface area (TPSA) is 29.5 Å². The zero-order chi connectivity index (χ0) is 8.10. The van der Waals surface area contributed by atoms with Gasteiger partial charge in [0, 0.05) is 13.7 Å². The van der Waals surface area contributed by atoms with Crippen molar-refractivity contribution in [3.05, 3.63) is 12.2 Å². The minimum absolute atomic E-state index is 0.298. The highest BCUT2D eigenvalue weighted by molar-refractivity contribution is 4.98. The fraction of sp³-hybridized carbons (Fsp3) is 0.778. The van der Waals surface area contributed by atoms with Crippen LogP contribution in [-0.4, -0.2) is 24.9 Å². The van der Waals surface area contributed by atoms with E-state index < -0.39 is 0 Å². The number of rotatable bonds is 3. The first-order chi connectivity index (χ1) is 5.36. The maximum absolute atomic E-state index is 8.68. The molecule has 0 saturated carbocycles. The van der Waals surface area contributed by atoms with Gasteiger partial charge in [-0.15, -0.1) is 0 Å². The van der Waals surface area contributed by atoms with Crippen LogP contribution in [0.25, 0.3) is 0 Å². The van der Waals surface area contributed by atoms with Crippen molar-refractivity contribution in [2.75, 3.05) is 13.7 Å². The number of hydrogen-bond donors (Lipinski definition) is 1. The minimum atomic E-state index is 0.298. The van der Waals surface area contributed by atoms with E-state index in [-0.39, 0.29) is 0 Å².